The van der Waals surface area contributed by atoms with Crippen molar-refractivity contribution in [3.8, 4) is 5.75 Å². The number of hydrogen-bond donors (Lipinski definition) is 2. The zero-order valence-electron chi connectivity index (χ0n) is 13.8. The van der Waals surface area contributed by atoms with Crippen molar-refractivity contribution in [3.05, 3.63) is 54.3 Å². The third-order valence-electron chi connectivity index (χ3n) is 4.00. The number of benzene rings is 2. The van der Waals surface area contributed by atoms with Crippen molar-refractivity contribution in [2.24, 2.45) is 11.8 Å². The van der Waals surface area contributed by atoms with Crippen LogP contribution in [0.25, 0.3) is 0 Å². The Balaban J connectivity index is 1.58. The molecule has 2 amide bonds. The lowest BCUT2D eigenvalue weighted by atomic mass is 10.2. The van der Waals surface area contributed by atoms with Gasteiger partial charge in [-0.3, -0.25) is 9.59 Å². The Morgan fingerprint density at radius 1 is 1.08 bits per heavy atom. The number of para-hydroxylation sites is 2. The monoisotopic (exact) mass is 342 g/mol. The SMILES string of the molecule is CCOc1ccccc1NC(=O)C1CC1C(=O)Nc1cccc(F)c1. The van der Waals surface area contributed by atoms with Crippen LogP contribution in [0.3, 0.4) is 0 Å². The molecule has 5 nitrogen and oxygen atoms in total. The quantitative estimate of drug-likeness (QED) is 0.845. The number of amides is 2. The first-order valence-electron chi connectivity index (χ1n) is 8.17. The van der Waals surface area contributed by atoms with Crippen LogP contribution in [0.1, 0.15) is 13.3 Å². The zero-order chi connectivity index (χ0) is 17.8. The van der Waals surface area contributed by atoms with Crippen LogP contribution in [0, 0.1) is 17.7 Å². The molecule has 2 aromatic carbocycles. The van der Waals surface area contributed by atoms with Gasteiger partial charge in [0.15, 0.2) is 0 Å². The molecule has 0 bridgehead atoms. The number of nitrogens with one attached hydrogen (secondary N) is 2. The maximum atomic E-state index is 13.2. The van der Waals surface area contributed by atoms with Crippen molar-refractivity contribution in [2.45, 2.75) is 13.3 Å². The lowest BCUT2D eigenvalue weighted by Gasteiger charge is -2.11. The highest BCUT2D eigenvalue weighted by molar-refractivity contribution is 6.03. The lowest BCUT2D eigenvalue weighted by molar-refractivity contribution is -0.122. The standard InChI is InChI=1S/C19H19FN2O3/c1-2-25-17-9-4-3-8-16(17)22-19(24)15-11-14(15)18(23)21-13-7-5-6-12(20)10-13/h3-10,14-15H,2,11H2,1H3,(H,21,23)(H,22,24). The van der Waals surface area contributed by atoms with Gasteiger partial charge in [-0.15, -0.1) is 0 Å². The van der Waals surface area contributed by atoms with Crippen molar-refractivity contribution in [1.82, 2.24) is 0 Å². The van der Waals surface area contributed by atoms with Gasteiger partial charge in [-0.25, -0.2) is 4.39 Å². The molecule has 0 saturated heterocycles. The number of carbonyl (C=O) groups is 2. The van der Waals surface area contributed by atoms with Gasteiger partial charge in [0.05, 0.1) is 24.1 Å². The molecule has 0 aliphatic heterocycles. The Morgan fingerprint density at radius 3 is 2.52 bits per heavy atom. The van der Waals surface area contributed by atoms with Gasteiger partial charge in [-0.1, -0.05) is 18.2 Å². The van der Waals surface area contributed by atoms with Crippen molar-refractivity contribution in [2.75, 3.05) is 17.2 Å². The zero-order valence-corrected chi connectivity index (χ0v) is 13.8. The second-order valence-corrected chi connectivity index (χ2v) is 5.87. The van der Waals surface area contributed by atoms with E-state index >= 15 is 0 Å². The predicted octanol–water partition coefficient (Wildman–Crippen LogP) is 3.44. The molecule has 3 rings (SSSR count). The maximum absolute atomic E-state index is 13.2. The van der Waals surface area contributed by atoms with E-state index in [0.717, 1.165) is 0 Å². The number of rotatable bonds is 6. The van der Waals surface area contributed by atoms with E-state index in [-0.39, 0.29) is 17.7 Å². The summed E-state index contributed by atoms with van der Waals surface area (Å²) >= 11 is 0. The van der Waals surface area contributed by atoms with Gasteiger partial charge >= 0.3 is 0 Å². The first-order chi connectivity index (χ1) is 12.1. The van der Waals surface area contributed by atoms with Crippen LogP contribution in [0.2, 0.25) is 0 Å². The average molecular weight is 342 g/mol. The van der Waals surface area contributed by atoms with E-state index in [9.17, 15) is 14.0 Å². The molecule has 2 N–H and O–H groups in total. The highest BCUT2D eigenvalue weighted by atomic mass is 19.1. The fourth-order valence-electron chi connectivity index (χ4n) is 2.65. The van der Waals surface area contributed by atoms with Gasteiger partial charge < -0.3 is 15.4 Å². The summed E-state index contributed by atoms with van der Waals surface area (Å²) < 4.78 is 18.6. The van der Waals surface area contributed by atoms with Crippen LogP contribution < -0.4 is 15.4 Å². The number of anilines is 2. The Hall–Kier alpha value is -2.89. The van der Waals surface area contributed by atoms with Gasteiger partial charge in [0, 0.05) is 5.69 Å². The predicted molar refractivity (Wildman–Crippen MR) is 92.9 cm³/mol. The third kappa shape index (κ3) is 4.15. The van der Waals surface area contributed by atoms with Gasteiger partial charge in [0.2, 0.25) is 11.8 Å². The molecule has 2 unspecified atom stereocenters. The Kier molecular flexibility index (Phi) is 4.97. The summed E-state index contributed by atoms with van der Waals surface area (Å²) in [5.74, 6) is -1.10. The summed E-state index contributed by atoms with van der Waals surface area (Å²) in [4.78, 5) is 24.5. The van der Waals surface area contributed by atoms with E-state index in [1.165, 1.54) is 18.2 Å². The summed E-state index contributed by atoms with van der Waals surface area (Å²) in [7, 11) is 0. The second-order valence-electron chi connectivity index (χ2n) is 5.87. The van der Waals surface area contributed by atoms with E-state index < -0.39 is 11.7 Å². The van der Waals surface area contributed by atoms with Crippen molar-refractivity contribution in [3.63, 3.8) is 0 Å². The molecule has 1 saturated carbocycles. The van der Waals surface area contributed by atoms with E-state index in [2.05, 4.69) is 10.6 Å². The Morgan fingerprint density at radius 2 is 1.80 bits per heavy atom. The Labute approximate surface area is 145 Å². The second kappa shape index (κ2) is 7.34. The molecule has 2 atom stereocenters. The van der Waals surface area contributed by atoms with Crippen LogP contribution in [0.15, 0.2) is 48.5 Å². The molecule has 0 radical (unpaired) electrons. The van der Waals surface area contributed by atoms with Crippen LogP contribution in [-0.4, -0.2) is 18.4 Å². The first kappa shape index (κ1) is 17.0. The fourth-order valence-corrected chi connectivity index (χ4v) is 2.65. The minimum absolute atomic E-state index is 0.216. The van der Waals surface area contributed by atoms with E-state index in [0.29, 0.717) is 30.2 Å². The van der Waals surface area contributed by atoms with Gasteiger partial charge in [-0.2, -0.15) is 0 Å². The van der Waals surface area contributed by atoms with Crippen LogP contribution in [0.5, 0.6) is 5.75 Å². The number of halogens is 1. The molecule has 0 spiro atoms. The molecule has 6 heteroatoms. The molecule has 130 valence electrons. The minimum atomic E-state index is -0.421. The molecule has 1 fully saturated rings. The molecular formula is C19H19FN2O3. The molecule has 1 aliphatic rings. The molecule has 0 heterocycles. The molecule has 0 aromatic heterocycles. The molecule has 1 aliphatic carbocycles. The molecule has 2 aromatic rings. The average Bonchev–Trinajstić information content (AvgIpc) is 3.38. The first-order valence-corrected chi connectivity index (χ1v) is 8.17. The molecule has 25 heavy (non-hydrogen) atoms. The molecular weight excluding hydrogens is 323 g/mol. The third-order valence-corrected chi connectivity index (χ3v) is 4.00. The lowest BCUT2D eigenvalue weighted by Crippen LogP contribution is -2.20. The highest BCUT2D eigenvalue weighted by Gasteiger charge is 2.48. The topological polar surface area (TPSA) is 67.4 Å². The summed E-state index contributed by atoms with van der Waals surface area (Å²) in [6.07, 6.45) is 0.476. The number of carbonyl (C=O) groups excluding carboxylic acids is 2. The number of hydrogen-bond acceptors (Lipinski definition) is 3. The van der Waals surface area contributed by atoms with Crippen molar-refractivity contribution < 1.29 is 18.7 Å². The van der Waals surface area contributed by atoms with Gasteiger partial charge in [0.1, 0.15) is 11.6 Å². The fraction of sp³-hybridized carbons (Fsp3) is 0.263. The highest BCUT2D eigenvalue weighted by Crippen LogP contribution is 2.40. The van der Waals surface area contributed by atoms with E-state index in [1.54, 1.807) is 24.3 Å². The van der Waals surface area contributed by atoms with Crippen LogP contribution in [-0.2, 0) is 9.59 Å². The van der Waals surface area contributed by atoms with E-state index in [1.807, 2.05) is 13.0 Å². The van der Waals surface area contributed by atoms with Gasteiger partial charge in [-0.05, 0) is 43.7 Å². The van der Waals surface area contributed by atoms with Crippen molar-refractivity contribution >= 4 is 23.2 Å². The Bertz CT molecular complexity index is 794. The summed E-state index contributed by atoms with van der Waals surface area (Å²) in [5.41, 5.74) is 0.975. The maximum Gasteiger partial charge on any atom is 0.228 e. The van der Waals surface area contributed by atoms with Crippen LogP contribution in [0.4, 0.5) is 15.8 Å². The smallest absolute Gasteiger partial charge is 0.228 e. The van der Waals surface area contributed by atoms with E-state index in [4.69, 9.17) is 4.74 Å². The summed E-state index contributed by atoms with van der Waals surface area (Å²) in [6.45, 7) is 2.36. The minimum Gasteiger partial charge on any atom is -0.492 e. The largest absolute Gasteiger partial charge is 0.492 e. The summed E-state index contributed by atoms with van der Waals surface area (Å²) in [6, 6.07) is 12.8. The van der Waals surface area contributed by atoms with Crippen LogP contribution >= 0.6 is 0 Å². The van der Waals surface area contributed by atoms with Gasteiger partial charge in [0.25, 0.3) is 0 Å². The normalized spacial score (nSPS) is 18.3. The number of ether oxygens (including phenoxy) is 1. The summed E-state index contributed by atoms with van der Waals surface area (Å²) in [5, 5.41) is 5.45. The van der Waals surface area contributed by atoms with Crippen molar-refractivity contribution in [1.29, 1.82) is 0 Å².